The smallest absolute Gasteiger partial charge is 0.187 e. The molecule has 0 aromatic heterocycles. The molecule has 30 aliphatic rings. The van der Waals surface area contributed by atoms with Crippen LogP contribution in [0.3, 0.4) is 0 Å². The highest BCUT2D eigenvalue weighted by molar-refractivity contribution is 5.49. The Hall–Kier alpha value is -6.28. The maximum absolute atomic E-state index is 12.6. The van der Waals surface area contributed by atoms with Crippen LogP contribution in [0.1, 0.15) is 33.4 Å². The molecule has 40 atom stereocenters. The molecule has 0 amide bonds. The predicted octanol–water partition coefficient (Wildman–Crippen LogP) is -7.37. The van der Waals surface area contributed by atoms with Crippen LogP contribution in [-0.2, 0) is 96.5 Å². The Bertz CT molecular complexity index is 3970. The molecule has 0 spiro atoms. The molecule has 30 saturated heterocycles. The summed E-state index contributed by atoms with van der Waals surface area (Å²) in [5.41, 5.74) is 0.0442. The zero-order valence-corrected chi connectivity index (χ0v) is 67.3. The van der Waals surface area contributed by atoms with E-state index in [1.807, 2.05) is 0 Å². The molecule has 22 N–H and O–H groups in total. The van der Waals surface area contributed by atoms with Crippen molar-refractivity contribution < 1.29 is 198 Å². The molecule has 0 unspecified atom stereocenters. The largest absolute Gasteiger partial charge is 0.394 e. The van der Waals surface area contributed by atoms with Gasteiger partial charge in [0.25, 0.3) is 0 Å². The van der Waals surface area contributed by atoms with Crippen molar-refractivity contribution in [1.82, 2.24) is 0 Å². The highest BCUT2D eigenvalue weighted by atomic mass is 16.8. The molecule has 40 nitrogen and oxygen atoms in total. The first-order chi connectivity index (χ1) is 60.8. The molecule has 692 valence electrons. The summed E-state index contributed by atoms with van der Waals surface area (Å²) in [6.45, 7) is -8.02. The van der Waals surface area contributed by atoms with Crippen molar-refractivity contribution in [3.05, 3.63) is 215 Å². The van der Waals surface area contributed by atoms with E-state index in [1.165, 1.54) is 0 Å². The number of hydrogen-bond acceptors (Lipinski definition) is 40. The van der Waals surface area contributed by atoms with Crippen molar-refractivity contribution in [1.29, 1.82) is 0 Å². The van der Waals surface area contributed by atoms with E-state index in [0.717, 1.165) is 0 Å². The van der Waals surface area contributed by atoms with Gasteiger partial charge in [0.1, 0.15) is 207 Å². The standard InChI is InChI=1S/C86H108O40/c87-31-45-69-54(94)62(102)78(112-45)121-71-47(33-89)115-81(65(105)57(71)97)125-75-51(37-109-85(39-19-7-1-8-20-39,40-21-9-2-10-22-40)41-23-11-3-12-24-41)118-84(68(108)60(75)100)124-74-50(36-92)114-80(64(104)56(74)96)122-72-48(34-90)116-82(66(106)58(72)98)126-76-52(38-110-86(42-25-13-4-14-26-42,43-27-15-5-16-28-43)44-29-17-6-18-30-44)117-83(67(107)59(76)99)123-73-49(35-91)113-79(63(103)55(73)95)120-70-46(32-88)111-77(119-69)61(101)53(70)93/h1-30,45-84,87-108H,31-38H2/t45-,46+,47-,48-,49+,50-,51-,52+,53-,54-,55-,56-,57-,58-,59-,60+,61-,62-,63-,64-,65-,66-,67-,68-,69-,70-,71-,72-,73-,74-,75-,76-,77-,78-,79-,80-,81-,82-,83-,84-/m1/s1. The Morgan fingerprint density at radius 1 is 0.175 bits per heavy atom. The third-order valence-electron chi connectivity index (χ3n) is 24.5. The van der Waals surface area contributed by atoms with Crippen molar-refractivity contribution in [3.8, 4) is 0 Å². The lowest BCUT2D eigenvalue weighted by Gasteiger charge is -2.51. The molecule has 30 fully saturated rings. The van der Waals surface area contributed by atoms with Crippen molar-refractivity contribution in [2.45, 2.75) is 257 Å². The van der Waals surface area contributed by atoms with Crippen LogP contribution in [0.15, 0.2) is 182 Å². The molecule has 40 heteroatoms. The number of benzene rings is 6. The van der Waals surface area contributed by atoms with E-state index in [2.05, 4.69) is 0 Å². The summed E-state index contributed by atoms with van der Waals surface area (Å²) >= 11 is 0. The molecule has 0 aliphatic carbocycles. The maximum Gasteiger partial charge on any atom is 0.187 e. The minimum absolute atomic E-state index is 0.539. The second-order valence-corrected chi connectivity index (χ2v) is 32.3. The van der Waals surface area contributed by atoms with Crippen molar-refractivity contribution in [3.63, 3.8) is 0 Å². The molecule has 36 rings (SSSR count). The summed E-state index contributed by atoms with van der Waals surface area (Å²) < 4.78 is 112. The zero-order valence-electron chi connectivity index (χ0n) is 67.3. The average Bonchev–Trinajstić information content (AvgIpc) is 0.759. The van der Waals surface area contributed by atoms with Crippen LogP contribution < -0.4 is 0 Å². The van der Waals surface area contributed by atoms with Gasteiger partial charge in [-0.25, -0.2) is 0 Å². The Morgan fingerprint density at radius 3 is 0.437 bits per heavy atom. The third-order valence-corrected chi connectivity index (χ3v) is 24.5. The van der Waals surface area contributed by atoms with Crippen LogP contribution in [0, 0.1) is 0 Å². The summed E-state index contributed by atoms with van der Waals surface area (Å²) in [4.78, 5) is 0. The number of hydrogen-bond donors (Lipinski definition) is 22. The lowest BCUT2D eigenvalue weighted by molar-refractivity contribution is -0.404. The van der Waals surface area contributed by atoms with E-state index in [0.29, 0.717) is 33.4 Å². The van der Waals surface area contributed by atoms with Gasteiger partial charge in [-0.15, -0.1) is 0 Å². The Kier molecular flexibility index (Phi) is 30.9. The van der Waals surface area contributed by atoms with E-state index in [-0.39, 0.29) is 0 Å². The normalized spacial score (nSPS) is 42.3. The Balaban J connectivity index is 0.762. The van der Waals surface area contributed by atoms with Gasteiger partial charge in [-0.3, -0.25) is 0 Å². The third kappa shape index (κ3) is 18.6. The van der Waals surface area contributed by atoms with Gasteiger partial charge in [-0.05, 0) is 33.4 Å². The van der Waals surface area contributed by atoms with E-state index in [9.17, 15) is 112 Å². The van der Waals surface area contributed by atoms with Crippen LogP contribution >= 0.6 is 0 Å². The molecule has 0 saturated carbocycles. The Morgan fingerprint density at radius 2 is 0.302 bits per heavy atom. The fourth-order valence-electron chi connectivity index (χ4n) is 17.8. The van der Waals surface area contributed by atoms with E-state index in [1.54, 1.807) is 182 Å². The van der Waals surface area contributed by atoms with E-state index in [4.69, 9.17) is 85.3 Å². The van der Waals surface area contributed by atoms with E-state index < -0.39 is 310 Å². The van der Waals surface area contributed by atoms with Crippen molar-refractivity contribution in [2.24, 2.45) is 0 Å². The second kappa shape index (κ2) is 41.2. The molecule has 126 heavy (non-hydrogen) atoms. The Labute approximate surface area is 719 Å². The molecular weight excluding hydrogens is 1670 g/mol. The van der Waals surface area contributed by atoms with Gasteiger partial charge in [0.15, 0.2) is 50.3 Å². The van der Waals surface area contributed by atoms with Gasteiger partial charge in [-0.1, -0.05) is 182 Å². The molecule has 6 aromatic rings. The highest BCUT2D eigenvalue weighted by Crippen LogP contribution is 2.47. The van der Waals surface area contributed by atoms with Crippen molar-refractivity contribution in [2.75, 3.05) is 52.9 Å². The fourth-order valence-corrected chi connectivity index (χ4v) is 17.8. The number of aliphatic hydroxyl groups is 22. The molecular formula is C86H108O40. The van der Waals surface area contributed by atoms with Gasteiger partial charge in [0.2, 0.25) is 0 Å². The van der Waals surface area contributed by atoms with Gasteiger partial charge in [-0.2, -0.15) is 0 Å². The first-order valence-corrected chi connectivity index (χ1v) is 41.5. The number of ether oxygens (including phenoxy) is 18. The van der Waals surface area contributed by atoms with Crippen LogP contribution in [0.2, 0.25) is 0 Å². The summed E-state index contributed by atoms with van der Waals surface area (Å²) in [6, 6.07) is 53.0. The lowest BCUT2D eigenvalue weighted by atomic mass is 9.80. The summed E-state index contributed by atoms with van der Waals surface area (Å²) in [5, 5.41) is 260. The number of rotatable bonds is 18. The lowest BCUT2D eigenvalue weighted by Crippen LogP contribution is -2.69. The van der Waals surface area contributed by atoms with Gasteiger partial charge >= 0.3 is 0 Å². The second-order valence-electron chi connectivity index (χ2n) is 32.3. The molecule has 30 aliphatic heterocycles. The van der Waals surface area contributed by atoms with Crippen LogP contribution in [0.25, 0.3) is 0 Å². The fraction of sp³-hybridized carbons (Fsp3) is 0.581. The van der Waals surface area contributed by atoms with Crippen LogP contribution in [0.5, 0.6) is 0 Å². The summed E-state index contributed by atoms with van der Waals surface area (Å²) in [5.74, 6) is 0. The molecule has 30 heterocycles. The van der Waals surface area contributed by atoms with Gasteiger partial charge < -0.3 is 198 Å². The molecule has 16 bridgehead atoms. The predicted molar refractivity (Wildman–Crippen MR) is 417 cm³/mol. The molecule has 0 radical (unpaired) electrons. The minimum atomic E-state index is -2.32. The number of aliphatic hydroxyl groups excluding tert-OH is 22. The SMILES string of the molecule is OC[C@@H]1O[C@@H]2O[C@H]3[C@H](O)[C@@H](O)[C@@H](O[C@H]4[C@H](O)[C@@H](O)[C@@H](O[C@H]5[C@H](O)[C@@H](O)[C@@H](O[C@H]6[C@@H](O)[C@@H](O)[C@@H](O[C@H]7[C@H](O)[C@@H](O)[C@@H](O[C@H]8[C@H](O)[C@@H](O)[C@@H](O[C@H]9[C@H](O)[C@@H](O)[C@@H](O[C@H]1[C@H](O)[C@H]2O)O[C@H]9COC(c1ccccc1)(c1ccccc1)c1ccccc1)O[C@@H]8CO)O[C@@H]7CO)O[C@@H]6COC(c1ccccc1)(c1ccccc1)c1ccccc1)O[C@@H]5CO)O[C@@H]4CO)O[C@H]3CO. The minimum Gasteiger partial charge on any atom is -0.394 e. The van der Waals surface area contributed by atoms with Crippen LogP contribution in [0.4, 0.5) is 0 Å². The molecule has 6 aromatic carbocycles. The van der Waals surface area contributed by atoms with Gasteiger partial charge in [0, 0.05) is 0 Å². The topological polar surface area (TPSA) is 611 Å². The quantitative estimate of drug-likeness (QED) is 0.0356. The first kappa shape index (κ1) is 94.4. The first-order valence-electron chi connectivity index (χ1n) is 41.5. The summed E-state index contributed by atoms with van der Waals surface area (Å²) in [7, 11) is 0. The maximum atomic E-state index is 12.6. The van der Waals surface area contributed by atoms with E-state index >= 15 is 0 Å². The average molecular weight is 1780 g/mol. The van der Waals surface area contributed by atoms with Crippen molar-refractivity contribution >= 4 is 0 Å². The highest BCUT2D eigenvalue weighted by Gasteiger charge is 2.62. The summed E-state index contributed by atoms with van der Waals surface area (Å²) in [6.07, 6.45) is -84.1. The van der Waals surface area contributed by atoms with Gasteiger partial charge in [0.05, 0.1) is 52.9 Å². The monoisotopic (exact) mass is 1780 g/mol. The zero-order chi connectivity index (χ0) is 89.2. The van der Waals surface area contributed by atoms with Crippen LogP contribution in [-0.4, -0.2) is 411 Å².